The molecule has 0 aliphatic rings. The van der Waals surface area contributed by atoms with E-state index in [1.54, 1.807) is 20.8 Å². The molecule has 10 heteroatoms. The summed E-state index contributed by atoms with van der Waals surface area (Å²) in [6.45, 7) is 5.83. The molecule has 9 nitrogen and oxygen atoms in total. The third kappa shape index (κ3) is 6.11. The lowest BCUT2D eigenvalue weighted by atomic mass is 10.2. The summed E-state index contributed by atoms with van der Waals surface area (Å²) in [6, 6.07) is 2.74. The molecule has 0 bridgehead atoms. The molecule has 2 heterocycles. The fourth-order valence-corrected chi connectivity index (χ4v) is 1.90. The number of carbonyl (C=O) groups is 2. The van der Waals surface area contributed by atoms with Crippen LogP contribution in [0.25, 0.3) is 0 Å². The Labute approximate surface area is 149 Å². The average molecular weight is 364 g/mol. The largest absolute Gasteiger partial charge is 0.444 e. The lowest BCUT2D eigenvalue weighted by Crippen LogP contribution is -2.34. The van der Waals surface area contributed by atoms with Crippen LogP contribution in [0.2, 0.25) is 0 Å². The fraction of sp³-hybridized carbons (Fsp3) is 0.438. The van der Waals surface area contributed by atoms with Crippen LogP contribution in [0.3, 0.4) is 0 Å². The van der Waals surface area contributed by atoms with E-state index in [1.807, 2.05) is 0 Å². The highest BCUT2D eigenvalue weighted by Crippen LogP contribution is 2.06. The van der Waals surface area contributed by atoms with Gasteiger partial charge in [-0.1, -0.05) is 5.21 Å². The Kier molecular flexibility index (Phi) is 6.21. The summed E-state index contributed by atoms with van der Waals surface area (Å²) < 4.78 is 20.0. The van der Waals surface area contributed by atoms with Crippen LogP contribution in [0.5, 0.6) is 0 Å². The summed E-state index contributed by atoms with van der Waals surface area (Å²) in [5, 5.41) is 12.7. The first-order valence-electron chi connectivity index (χ1n) is 7.99. The smallest absolute Gasteiger partial charge is 0.407 e. The van der Waals surface area contributed by atoms with E-state index in [0.717, 1.165) is 0 Å². The fourth-order valence-electron chi connectivity index (χ4n) is 1.90. The molecule has 26 heavy (non-hydrogen) atoms. The van der Waals surface area contributed by atoms with Gasteiger partial charge < -0.3 is 15.4 Å². The lowest BCUT2D eigenvalue weighted by molar-refractivity contribution is 0.0525. The number of ether oxygens (including phenoxy) is 1. The van der Waals surface area contributed by atoms with Gasteiger partial charge in [-0.25, -0.2) is 13.9 Å². The Morgan fingerprint density at radius 3 is 2.77 bits per heavy atom. The first-order valence-corrected chi connectivity index (χ1v) is 7.99. The molecule has 0 aromatic carbocycles. The molecule has 140 valence electrons. The van der Waals surface area contributed by atoms with Crippen LogP contribution in [-0.4, -0.2) is 44.1 Å². The monoisotopic (exact) mass is 364 g/mol. The van der Waals surface area contributed by atoms with Crippen molar-refractivity contribution in [1.82, 2.24) is 30.6 Å². The molecule has 0 unspecified atom stereocenters. The number of hydrogen-bond donors (Lipinski definition) is 2. The predicted octanol–water partition coefficient (Wildman–Crippen LogP) is 1.27. The van der Waals surface area contributed by atoms with E-state index in [9.17, 15) is 14.0 Å². The number of aromatic nitrogens is 4. The molecular weight excluding hydrogens is 343 g/mol. The zero-order valence-corrected chi connectivity index (χ0v) is 14.8. The Morgan fingerprint density at radius 2 is 2.08 bits per heavy atom. The molecule has 0 fully saturated rings. The molecule has 0 aliphatic heterocycles. The molecule has 2 rings (SSSR count). The predicted molar refractivity (Wildman–Crippen MR) is 89.6 cm³/mol. The maximum absolute atomic E-state index is 13.5. The van der Waals surface area contributed by atoms with Crippen molar-refractivity contribution in [3.05, 3.63) is 41.7 Å². The van der Waals surface area contributed by atoms with Crippen LogP contribution in [0.1, 0.15) is 37.0 Å². The van der Waals surface area contributed by atoms with Crippen molar-refractivity contribution in [1.29, 1.82) is 0 Å². The standard InChI is InChI=1S/C16H21FN6O3/c1-16(2,3)26-15(25)19-7-8-23-10-13(21-22-23)14(24)20-9-12-11(17)5-4-6-18-12/h4-6,10H,7-9H2,1-3H3,(H,19,25)(H,20,24). The Bertz CT molecular complexity index is 771. The SMILES string of the molecule is CC(C)(C)OC(=O)NCCn1cc(C(=O)NCc2ncccc2F)nn1. The van der Waals surface area contributed by atoms with Crippen LogP contribution in [-0.2, 0) is 17.8 Å². The number of alkyl carbamates (subject to hydrolysis) is 1. The molecule has 0 aliphatic carbocycles. The molecule has 2 amide bonds. The van der Waals surface area contributed by atoms with E-state index in [2.05, 4.69) is 25.9 Å². The molecule has 2 N–H and O–H groups in total. The van der Waals surface area contributed by atoms with E-state index in [1.165, 1.54) is 29.2 Å². The van der Waals surface area contributed by atoms with Crippen LogP contribution in [0.15, 0.2) is 24.5 Å². The highest BCUT2D eigenvalue weighted by atomic mass is 19.1. The Hall–Kier alpha value is -3.04. The number of pyridine rings is 1. The minimum atomic E-state index is -0.574. The second-order valence-electron chi connectivity index (χ2n) is 6.41. The molecule has 0 radical (unpaired) electrons. The lowest BCUT2D eigenvalue weighted by Gasteiger charge is -2.19. The molecule has 0 atom stereocenters. The summed E-state index contributed by atoms with van der Waals surface area (Å²) in [6.07, 6.45) is 2.34. The number of nitrogens with zero attached hydrogens (tertiary/aromatic N) is 4. The van der Waals surface area contributed by atoms with Crippen LogP contribution in [0.4, 0.5) is 9.18 Å². The highest BCUT2D eigenvalue weighted by Gasteiger charge is 2.16. The van der Waals surface area contributed by atoms with Crippen LogP contribution in [0, 0.1) is 5.82 Å². The molecule has 2 aromatic rings. The maximum atomic E-state index is 13.5. The summed E-state index contributed by atoms with van der Waals surface area (Å²) in [5.74, 6) is -0.994. The van der Waals surface area contributed by atoms with Crippen LogP contribution >= 0.6 is 0 Å². The van der Waals surface area contributed by atoms with Crippen molar-refractivity contribution in [3.8, 4) is 0 Å². The van der Waals surface area contributed by atoms with Crippen molar-refractivity contribution in [2.45, 2.75) is 39.5 Å². The molecular formula is C16H21FN6O3. The van der Waals surface area contributed by atoms with Crippen molar-refractivity contribution in [3.63, 3.8) is 0 Å². The Balaban J connectivity index is 1.79. The number of rotatable bonds is 6. The summed E-state index contributed by atoms with van der Waals surface area (Å²) in [4.78, 5) is 27.4. The van der Waals surface area contributed by atoms with E-state index in [-0.39, 0.29) is 24.5 Å². The number of amides is 2. The third-order valence-electron chi connectivity index (χ3n) is 3.03. The second kappa shape index (κ2) is 8.37. The highest BCUT2D eigenvalue weighted by molar-refractivity contribution is 5.91. The van der Waals surface area contributed by atoms with Gasteiger partial charge in [0, 0.05) is 12.7 Å². The quantitative estimate of drug-likeness (QED) is 0.798. The molecule has 0 spiro atoms. The van der Waals surface area contributed by atoms with Gasteiger partial charge in [0.15, 0.2) is 5.69 Å². The second-order valence-corrected chi connectivity index (χ2v) is 6.41. The summed E-state index contributed by atoms with van der Waals surface area (Å²) in [7, 11) is 0. The van der Waals surface area contributed by atoms with Gasteiger partial charge in [0.05, 0.1) is 25.0 Å². The summed E-state index contributed by atoms with van der Waals surface area (Å²) in [5.41, 5.74) is -0.358. The molecule has 2 aromatic heterocycles. The van der Waals surface area contributed by atoms with Gasteiger partial charge in [-0.2, -0.15) is 0 Å². The van der Waals surface area contributed by atoms with E-state index in [0.29, 0.717) is 6.54 Å². The van der Waals surface area contributed by atoms with Gasteiger partial charge >= 0.3 is 6.09 Å². The van der Waals surface area contributed by atoms with Gasteiger partial charge in [0.1, 0.15) is 11.4 Å². The minimum Gasteiger partial charge on any atom is -0.444 e. The van der Waals surface area contributed by atoms with Gasteiger partial charge in [-0.15, -0.1) is 5.10 Å². The number of hydrogen-bond acceptors (Lipinski definition) is 6. The van der Waals surface area contributed by atoms with E-state index in [4.69, 9.17) is 4.74 Å². The van der Waals surface area contributed by atoms with Gasteiger partial charge in [-0.3, -0.25) is 9.78 Å². The maximum Gasteiger partial charge on any atom is 0.407 e. The summed E-state index contributed by atoms with van der Waals surface area (Å²) >= 11 is 0. The van der Waals surface area contributed by atoms with E-state index < -0.39 is 23.4 Å². The molecule has 0 saturated carbocycles. The number of carbonyl (C=O) groups excluding carboxylic acids is 2. The minimum absolute atomic E-state index is 0.0570. The van der Waals surface area contributed by atoms with Gasteiger partial charge in [-0.05, 0) is 32.9 Å². The van der Waals surface area contributed by atoms with Crippen molar-refractivity contribution in [2.75, 3.05) is 6.54 Å². The normalized spacial score (nSPS) is 11.1. The first kappa shape index (κ1) is 19.3. The van der Waals surface area contributed by atoms with Crippen LogP contribution < -0.4 is 10.6 Å². The Morgan fingerprint density at radius 1 is 1.31 bits per heavy atom. The zero-order valence-electron chi connectivity index (χ0n) is 14.8. The van der Waals surface area contributed by atoms with E-state index >= 15 is 0 Å². The van der Waals surface area contributed by atoms with Crippen molar-refractivity contribution >= 4 is 12.0 Å². The van der Waals surface area contributed by atoms with Gasteiger partial charge in [0.25, 0.3) is 5.91 Å². The van der Waals surface area contributed by atoms with Crippen molar-refractivity contribution < 1.29 is 18.7 Å². The zero-order chi connectivity index (χ0) is 19.2. The van der Waals surface area contributed by atoms with Crippen molar-refractivity contribution in [2.24, 2.45) is 0 Å². The number of nitrogens with one attached hydrogen (secondary N) is 2. The average Bonchev–Trinajstić information content (AvgIpc) is 3.01. The molecule has 0 saturated heterocycles. The topological polar surface area (TPSA) is 111 Å². The number of halogens is 1. The third-order valence-corrected chi connectivity index (χ3v) is 3.03. The first-order chi connectivity index (χ1) is 12.2. The van der Waals surface area contributed by atoms with Gasteiger partial charge in [0.2, 0.25) is 0 Å².